The lowest BCUT2D eigenvalue weighted by atomic mass is 10.1. The first-order valence-corrected chi connectivity index (χ1v) is 9.02. The van der Waals surface area contributed by atoms with Crippen molar-refractivity contribution in [2.24, 2.45) is 5.92 Å². The third-order valence-electron chi connectivity index (χ3n) is 4.68. The average Bonchev–Trinajstić information content (AvgIpc) is 3.50. The van der Waals surface area contributed by atoms with Gasteiger partial charge in [0, 0.05) is 28.1 Å². The summed E-state index contributed by atoms with van der Waals surface area (Å²) in [4.78, 5) is 36.6. The normalized spacial score (nSPS) is 13.2. The van der Waals surface area contributed by atoms with Crippen molar-refractivity contribution in [3.63, 3.8) is 0 Å². The van der Waals surface area contributed by atoms with Gasteiger partial charge in [0.1, 0.15) is 5.58 Å². The van der Waals surface area contributed by atoms with E-state index in [-0.39, 0.29) is 17.6 Å². The summed E-state index contributed by atoms with van der Waals surface area (Å²) >= 11 is 0. The van der Waals surface area contributed by atoms with E-state index < -0.39 is 11.8 Å². The van der Waals surface area contributed by atoms with E-state index in [1.165, 1.54) is 0 Å². The van der Waals surface area contributed by atoms with Gasteiger partial charge >= 0.3 is 5.91 Å². The molecule has 0 aliphatic heterocycles. The number of benzene rings is 2. The van der Waals surface area contributed by atoms with E-state index in [9.17, 15) is 14.4 Å². The number of carbonyl (C=O) groups is 3. The van der Waals surface area contributed by atoms with E-state index in [0.717, 1.165) is 18.2 Å². The van der Waals surface area contributed by atoms with Crippen molar-refractivity contribution >= 4 is 34.4 Å². The van der Waals surface area contributed by atoms with Crippen molar-refractivity contribution in [2.75, 3.05) is 5.32 Å². The zero-order valence-electron chi connectivity index (χ0n) is 15.2. The Kier molecular flexibility index (Phi) is 4.57. The summed E-state index contributed by atoms with van der Waals surface area (Å²) in [6.45, 7) is 1.79. The van der Waals surface area contributed by atoms with Crippen LogP contribution < -0.4 is 16.2 Å². The smallest absolute Gasteiger partial charge is 0.305 e. The van der Waals surface area contributed by atoms with Crippen molar-refractivity contribution in [3.8, 4) is 0 Å². The molecule has 3 amide bonds. The summed E-state index contributed by atoms with van der Waals surface area (Å²) in [5.74, 6) is -0.855. The van der Waals surface area contributed by atoms with E-state index in [1.807, 2.05) is 18.2 Å². The number of carbonyl (C=O) groups excluding carboxylic acids is 3. The fourth-order valence-corrected chi connectivity index (χ4v) is 2.96. The summed E-state index contributed by atoms with van der Waals surface area (Å²) in [6.07, 6.45) is 1.80. The SMILES string of the molecule is Cc1c(C(=O)NNC(=O)c2cccc(NC(=O)C3CC3)c2)oc2ccccc12. The monoisotopic (exact) mass is 377 g/mol. The zero-order chi connectivity index (χ0) is 19.7. The van der Waals surface area contributed by atoms with Gasteiger partial charge in [0.25, 0.3) is 5.91 Å². The number of fused-ring (bicyclic) bond motifs is 1. The zero-order valence-corrected chi connectivity index (χ0v) is 15.2. The Labute approximate surface area is 161 Å². The van der Waals surface area contributed by atoms with Crippen molar-refractivity contribution in [1.29, 1.82) is 0 Å². The number of furan rings is 1. The molecule has 1 fully saturated rings. The number of para-hydroxylation sites is 1. The highest BCUT2D eigenvalue weighted by atomic mass is 16.3. The molecule has 0 atom stereocenters. The van der Waals surface area contributed by atoms with Gasteiger partial charge in [-0.05, 0) is 44.0 Å². The number of aryl methyl sites for hydroxylation is 1. The Hall–Kier alpha value is -3.61. The maximum Gasteiger partial charge on any atom is 0.305 e. The molecule has 28 heavy (non-hydrogen) atoms. The molecule has 1 heterocycles. The molecule has 0 spiro atoms. The van der Waals surface area contributed by atoms with Gasteiger partial charge in [0.05, 0.1) is 0 Å². The lowest BCUT2D eigenvalue weighted by Gasteiger charge is -2.09. The van der Waals surface area contributed by atoms with E-state index >= 15 is 0 Å². The largest absolute Gasteiger partial charge is 0.451 e. The first-order chi connectivity index (χ1) is 13.5. The molecule has 7 nitrogen and oxygen atoms in total. The summed E-state index contributed by atoms with van der Waals surface area (Å²) in [7, 11) is 0. The Morgan fingerprint density at radius 2 is 1.71 bits per heavy atom. The van der Waals surface area contributed by atoms with Crippen LogP contribution in [0.1, 0.15) is 39.3 Å². The quantitative estimate of drug-likeness (QED) is 0.608. The van der Waals surface area contributed by atoms with Crippen molar-refractivity contribution < 1.29 is 18.8 Å². The number of hydrazine groups is 1. The van der Waals surface area contributed by atoms with Crippen LogP contribution in [-0.2, 0) is 4.79 Å². The average molecular weight is 377 g/mol. The molecule has 142 valence electrons. The van der Waals surface area contributed by atoms with Gasteiger partial charge in [-0.3, -0.25) is 25.2 Å². The van der Waals surface area contributed by atoms with Crippen molar-refractivity contribution in [3.05, 3.63) is 65.4 Å². The molecule has 7 heteroatoms. The lowest BCUT2D eigenvalue weighted by molar-refractivity contribution is -0.117. The van der Waals surface area contributed by atoms with Crippen LogP contribution in [0.3, 0.4) is 0 Å². The van der Waals surface area contributed by atoms with Crippen molar-refractivity contribution in [2.45, 2.75) is 19.8 Å². The molecule has 3 N–H and O–H groups in total. The van der Waals surface area contributed by atoms with Gasteiger partial charge in [-0.15, -0.1) is 0 Å². The maximum absolute atomic E-state index is 12.4. The van der Waals surface area contributed by atoms with Gasteiger partial charge < -0.3 is 9.73 Å². The van der Waals surface area contributed by atoms with Gasteiger partial charge in [-0.2, -0.15) is 0 Å². The predicted molar refractivity (Wildman–Crippen MR) is 104 cm³/mol. The predicted octanol–water partition coefficient (Wildman–Crippen LogP) is 3.16. The maximum atomic E-state index is 12.4. The van der Waals surface area contributed by atoms with Crippen LogP contribution in [0.4, 0.5) is 5.69 Å². The van der Waals surface area contributed by atoms with E-state index in [1.54, 1.807) is 37.3 Å². The molecular weight excluding hydrogens is 358 g/mol. The Bertz CT molecular complexity index is 1080. The van der Waals surface area contributed by atoms with Crippen LogP contribution in [-0.4, -0.2) is 17.7 Å². The van der Waals surface area contributed by atoms with Gasteiger partial charge in [-0.25, -0.2) is 0 Å². The van der Waals surface area contributed by atoms with E-state index in [4.69, 9.17) is 4.42 Å². The Balaban J connectivity index is 1.41. The number of nitrogens with one attached hydrogen (secondary N) is 3. The summed E-state index contributed by atoms with van der Waals surface area (Å²) in [5.41, 5.74) is 6.91. The molecule has 1 aliphatic rings. The number of rotatable bonds is 4. The highest BCUT2D eigenvalue weighted by Gasteiger charge is 2.29. The van der Waals surface area contributed by atoms with Crippen LogP contribution in [0.2, 0.25) is 0 Å². The first-order valence-electron chi connectivity index (χ1n) is 9.02. The molecule has 1 saturated carbocycles. The fourth-order valence-electron chi connectivity index (χ4n) is 2.96. The number of anilines is 1. The molecule has 2 aromatic carbocycles. The standard InChI is InChI=1S/C21H19N3O4/c1-12-16-7-2-3-8-17(16)28-18(12)21(27)24-23-20(26)14-5-4-6-15(11-14)22-19(25)13-9-10-13/h2-8,11,13H,9-10H2,1H3,(H,22,25)(H,23,26)(H,24,27). The van der Waals surface area contributed by atoms with E-state index in [2.05, 4.69) is 16.2 Å². The Morgan fingerprint density at radius 3 is 2.46 bits per heavy atom. The van der Waals surface area contributed by atoms with Gasteiger partial charge in [0.2, 0.25) is 5.91 Å². The molecule has 3 aromatic rings. The number of hydrogen-bond donors (Lipinski definition) is 3. The molecule has 0 unspecified atom stereocenters. The second kappa shape index (κ2) is 7.19. The minimum absolute atomic E-state index is 0.0359. The summed E-state index contributed by atoms with van der Waals surface area (Å²) in [6, 6.07) is 13.9. The molecule has 4 rings (SSSR count). The first kappa shape index (κ1) is 17.8. The third kappa shape index (κ3) is 3.59. The summed E-state index contributed by atoms with van der Waals surface area (Å²) in [5, 5.41) is 3.64. The lowest BCUT2D eigenvalue weighted by Crippen LogP contribution is -2.41. The van der Waals surface area contributed by atoms with Crippen LogP contribution >= 0.6 is 0 Å². The minimum Gasteiger partial charge on any atom is -0.451 e. The third-order valence-corrected chi connectivity index (χ3v) is 4.68. The highest BCUT2D eigenvalue weighted by Crippen LogP contribution is 2.30. The van der Waals surface area contributed by atoms with Gasteiger partial charge in [-0.1, -0.05) is 24.3 Å². The van der Waals surface area contributed by atoms with Crippen LogP contribution in [0.15, 0.2) is 52.9 Å². The molecule has 1 aliphatic carbocycles. The minimum atomic E-state index is -0.541. The van der Waals surface area contributed by atoms with Crippen LogP contribution in [0.25, 0.3) is 11.0 Å². The second-order valence-corrected chi connectivity index (χ2v) is 6.80. The number of hydrogen-bond acceptors (Lipinski definition) is 4. The topological polar surface area (TPSA) is 100 Å². The van der Waals surface area contributed by atoms with Crippen LogP contribution in [0.5, 0.6) is 0 Å². The second-order valence-electron chi connectivity index (χ2n) is 6.80. The number of amides is 3. The van der Waals surface area contributed by atoms with Crippen LogP contribution in [0, 0.1) is 12.8 Å². The molecule has 0 radical (unpaired) electrons. The highest BCUT2D eigenvalue weighted by molar-refractivity contribution is 6.02. The molecule has 0 saturated heterocycles. The van der Waals surface area contributed by atoms with E-state index in [0.29, 0.717) is 22.4 Å². The fraction of sp³-hybridized carbons (Fsp3) is 0.190. The van der Waals surface area contributed by atoms with Gasteiger partial charge in [0.15, 0.2) is 5.76 Å². The Morgan fingerprint density at radius 1 is 0.964 bits per heavy atom. The molecule has 0 bridgehead atoms. The summed E-state index contributed by atoms with van der Waals surface area (Å²) < 4.78 is 5.58. The molecule has 1 aromatic heterocycles. The molecular formula is C21H19N3O4. The van der Waals surface area contributed by atoms with Crippen molar-refractivity contribution in [1.82, 2.24) is 10.9 Å².